The molecule has 0 aromatic rings. The summed E-state index contributed by atoms with van der Waals surface area (Å²) in [5, 5.41) is 25.5. The number of carboxylic acid groups (broad SMARTS) is 2. The summed E-state index contributed by atoms with van der Waals surface area (Å²) >= 11 is 0. The van der Waals surface area contributed by atoms with Crippen LogP contribution in [0.2, 0.25) is 0 Å². The molecule has 0 bridgehead atoms. The van der Waals surface area contributed by atoms with Crippen LogP contribution in [0, 0.1) is 5.92 Å². The van der Waals surface area contributed by atoms with Gasteiger partial charge in [-0.15, -0.1) is 0 Å². The van der Waals surface area contributed by atoms with E-state index in [4.69, 9.17) is 15.3 Å². The zero-order valence-electron chi connectivity index (χ0n) is 6.41. The van der Waals surface area contributed by atoms with Gasteiger partial charge < -0.3 is 20.1 Å². The van der Waals surface area contributed by atoms with Gasteiger partial charge in [0.1, 0.15) is 5.92 Å². The van der Waals surface area contributed by atoms with Gasteiger partial charge in [-0.1, -0.05) is 0 Å². The lowest BCUT2D eigenvalue weighted by molar-refractivity contribution is -0.177. The minimum absolute atomic E-state index is 0.150. The fourth-order valence-electron chi connectivity index (χ4n) is 0.650. The Morgan fingerprint density at radius 3 is 2.23 bits per heavy atom. The second-order valence-corrected chi connectivity index (χ2v) is 2.17. The van der Waals surface area contributed by atoms with Crippen LogP contribution in [-0.2, 0) is 19.1 Å². The van der Waals surface area contributed by atoms with Crippen LogP contribution in [0.3, 0.4) is 0 Å². The lowest BCUT2D eigenvalue weighted by atomic mass is 10.1. The Balaban J connectivity index is 4.31. The first-order valence-corrected chi connectivity index (χ1v) is 3.20. The van der Waals surface area contributed by atoms with E-state index in [0.29, 0.717) is 0 Å². The zero-order valence-corrected chi connectivity index (χ0v) is 6.41. The second kappa shape index (κ2) is 5.09. The van der Waals surface area contributed by atoms with Gasteiger partial charge in [0.2, 0.25) is 6.29 Å². The molecule has 0 saturated heterocycles. The Morgan fingerprint density at radius 1 is 1.38 bits per heavy atom. The average molecular weight is 192 g/mol. The maximum absolute atomic E-state index is 10.3. The third-order valence-corrected chi connectivity index (χ3v) is 1.25. The number of carbonyl (C=O) groups excluding carboxylic acids is 1. The molecular weight excluding hydrogens is 184 g/mol. The van der Waals surface area contributed by atoms with Crippen molar-refractivity contribution in [1.82, 2.24) is 0 Å². The van der Waals surface area contributed by atoms with Crippen molar-refractivity contribution in [1.29, 1.82) is 0 Å². The predicted molar refractivity (Wildman–Crippen MR) is 36.5 cm³/mol. The smallest absolute Gasteiger partial charge is 0.313 e. The summed E-state index contributed by atoms with van der Waals surface area (Å²) in [6, 6.07) is 0. The lowest BCUT2D eigenvalue weighted by Gasteiger charge is -2.14. The van der Waals surface area contributed by atoms with Crippen molar-refractivity contribution in [2.45, 2.75) is 12.7 Å². The molecule has 0 aliphatic heterocycles. The molecule has 0 spiro atoms. The van der Waals surface area contributed by atoms with E-state index in [1.54, 1.807) is 0 Å². The standard InChI is InChI=1S/C6H8O7/c7-2-13-6(12)3(5(10)11)1-4(8)9/h2-3,6,12H,1H2,(H,8,9)(H,10,11). The van der Waals surface area contributed by atoms with Gasteiger partial charge >= 0.3 is 11.9 Å². The van der Waals surface area contributed by atoms with Gasteiger partial charge in [-0.05, 0) is 0 Å². The molecule has 2 atom stereocenters. The molecule has 74 valence electrons. The number of aliphatic hydroxyl groups excluding tert-OH is 1. The van der Waals surface area contributed by atoms with Gasteiger partial charge in [0.25, 0.3) is 6.47 Å². The summed E-state index contributed by atoms with van der Waals surface area (Å²) in [4.78, 5) is 30.1. The second-order valence-electron chi connectivity index (χ2n) is 2.17. The summed E-state index contributed by atoms with van der Waals surface area (Å²) < 4.78 is 3.90. The van der Waals surface area contributed by atoms with Gasteiger partial charge in [-0.3, -0.25) is 14.4 Å². The SMILES string of the molecule is O=COC(O)C(CC(=O)O)C(=O)O. The third kappa shape index (κ3) is 4.06. The van der Waals surface area contributed by atoms with E-state index < -0.39 is 30.6 Å². The van der Waals surface area contributed by atoms with Crippen LogP contribution in [-0.4, -0.2) is 40.0 Å². The maximum Gasteiger partial charge on any atom is 0.313 e. The van der Waals surface area contributed by atoms with E-state index in [2.05, 4.69) is 4.74 Å². The summed E-state index contributed by atoms with van der Waals surface area (Å²) in [5.41, 5.74) is 0. The van der Waals surface area contributed by atoms with Crippen LogP contribution >= 0.6 is 0 Å². The topological polar surface area (TPSA) is 121 Å². The molecule has 0 aromatic carbocycles. The molecule has 2 unspecified atom stereocenters. The highest BCUT2D eigenvalue weighted by Gasteiger charge is 2.30. The molecule has 0 heterocycles. The van der Waals surface area contributed by atoms with Crippen molar-refractivity contribution >= 4 is 18.4 Å². The number of rotatable bonds is 6. The molecule has 0 aromatic heterocycles. The van der Waals surface area contributed by atoms with E-state index in [1.807, 2.05) is 0 Å². The number of carboxylic acids is 2. The minimum atomic E-state index is -1.94. The molecule has 0 radical (unpaired) electrons. The van der Waals surface area contributed by atoms with Gasteiger partial charge in [0.15, 0.2) is 0 Å². The summed E-state index contributed by atoms with van der Waals surface area (Å²) in [6.07, 6.45) is -2.75. The molecule has 0 amide bonds. The molecule has 0 fully saturated rings. The number of aliphatic hydroxyl groups is 1. The Labute approximate surface area is 72.5 Å². The summed E-state index contributed by atoms with van der Waals surface area (Å²) in [7, 11) is 0. The molecule has 13 heavy (non-hydrogen) atoms. The molecule has 0 saturated carbocycles. The number of carbonyl (C=O) groups is 3. The first-order valence-electron chi connectivity index (χ1n) is 3.20. The first-order chi connectivity index (χ1) is 5.99. The van der Waals surface area contributed by atoms with Crippen LogP contribution in [0.4, 0.5) is 0 Å². The highest BCUT2D eigenvalue weighted by Crippen LogP contribution is 2.10. The molecular formula is C6H8O7. The minimum Gasteiger partial charge on any atom is -0.481 e. The Hall–Kier alpha value is -1.63. The van der Waals surface area contributed by atoms with Gasteiger partial charge in [0, 0.05) is 0 Å². The van der Waals surface area contributed by atoms with E-state index in [-0.39, 0.29) is 6.47 Å². The van der Waals surface area contributed by atoms with Crippen molar-refractivity contribution in [3.05, 3.63) is 0 Å². The van der Waals surface area contributed by atoms with E-state index in [1.165, 1.54) is 0 Å². The molecule has 7 nitrogen and oxygen atoms in total. The Kier molecular flexibility index (Phi) is 4.45. The van der Waals surface area contributed by atoms with Crippen molar-refractivity contribution in [3.8, 4) is 0 Å². The molecule has 0 aliphatic carbocycles. The number of hydrogen-bond donors (Lipinski definition) is 3. The highest BCUT2D eigenvalue weighted by molar-refractivity contribution is 5.78. The van der Waals surface area contributed by atoms with Crippen LogP contribution < -0.4 is 0 Å². The van der Waals surface area contributed by atoms with Crippen LogP contribution in [0.1, 0.15) is 6.42 Å². The highest BCUT2D eigenvalue weighted by atomic mass is 16.6. The van der Waals surface area contributed by atoms with Gasteiger partial charge in [0.05, 0.1) is 6.42 Å². The molecule has 0 rings (SSSR count). The quantitative estimate of drug-likeness (QED) is 0.351. The number of aliphatic carboxylic acids is 2. The average Bonchev–Trinajstić information content (AvgIpc) is 1.99. The van der Waals surface area contributed by atoms with Crippen molar-refractivity contribution in [2.75, 3.05) is 0 Å². The fraction of sp³-hybridized carbons (Fsp3) is 0.500. The van der Waals surface area contributed by atoms with E-state index in [9.17, 15) is 14.4 Å². The largest absolute Gasteiger partial charge is 0.481 e. The van der Waals surface area contributed by atoms with E-state index >= 15 is 0 Å². The van der Waals surface area contributed by atoms with Gasteiger partial charge in [-0.2, -0.15) is 0 Å². The maximum atomic E-state index is 10.3. The first kappa shape index (κ1) is 11.4. The molecule has 0 aliphatic rings. The van der Waals surface area contributed by atoms with Crippen molar-refractivity contribution < 1.29 is 34.4 Å². The Morgan fingerprint density at radius 2 is 1.92 bits per heavy atom. The van der Waals surface area contributed by atoms with Crippen molar-refractivity contribution in [2.24, 2.45) is 5.92 Å². The van der Waals surface area contributed by atoms with Crippen molar-refractivity contribution in [3.63, 3.8) is 0 Å². The lowest BCUT2D eigenvalue weighted by Crippen LogP contribution is -2.32. The predicted octanol–water partition coefficient (Wildman–Crippen LogP) is -1.35. The third-order valence-electron chi connectivity index (χ3n) is 1.25. The van der Waals surface area contributed by atoms with Crippen LogP contribution in [0.5, 0.6) is 0 Å². The van der Waals surface area contributed by atoms with Crippen LogP contribution in [0.25, 0.3) is 0 Å². The zero-order chi connectivity index (χ0) is 10.4. The van der Waals surface area contributed by atoms with Gasteiger partial charge in [-0.25, -0.2) is 0 Å². The van der Waals surface area contributed by atoms with Crippen LogP contribution in [0.15, 0.2) is 0 Å². The monoisotopic (exact) mass is 192 g/mol. The normalized spacial score (nSPS) is 14.2. The number of hydrogen-bond acceptors (Lipinski definition) is 5. The molecule has 7 heteroatoms. The Bertz CT molecular complexity index is 211. The summed E-state index contributed by atoms with van der Waals surface area (Å²) in [5.74, 6) is -4.60. The molecule has 3 N–H and O–H groups in total. The number of ether oxygens (including phenoxy) is 1. The van der Waals surface area contributed by atoms with E-state index in [0.717, 1.165) is 0 Å². The fourth-order valence-corrected chi connectivity index (χ4v) is 0.650. The summed E-state index contributed by atoms with van der Waals surface area (Å²) in [6.45, 7) is -0.150.